The van der Waals surface area contributed by atoms with Gasteiger partial charge in [-0.1, -0.05) is 6.58 Å². The second-order valence-electron chi connectivity index (χ2n) is 1.70. The Morgan fingerprint density at radius 2 is 1.89 bits per heavy atom. The molecule has 0 aliphatic heterocycles. The summed E-state index contributed by atoms with van der Waals surface area (Å²) >= 11 is 0. The van der Waals surface area contributed by atoms with Crippen LogP contribution < -0.4 is 0 Å². The highest BCUT2D eigenvalue weighted by atomic mass is 19.4. The maximum absolute atomic E-state index is 11.4. The van der Waals surface area contributed by atoms with E-state index in [2.05, 4.69) is 6.58 Å². The molecule has 1 atom stereocenters. The van der Waals surface area contributed by atoms with Crippen molar-refractivity contribution in [3.63, 3.8) is 0 Å². The first kappa shape index (κ1) is 8.49. The quantitative estimate of drug-likeness (QED) is 0.547. The number of alkyl halides is 3. The molecule has 0 aromatic rings. The average molecular weight is 140 g/mol. The van der Waals surface area contributed by atoms with Crippen LogP contribution in [0.15, 0.2) is 12.2 Å². The summed E-state index contributed by atoms with van der Waals surface area (Å²) in [7, 11) is 0. The van der Waals surface area contributed by atoms with Crippen LogP contribution in [-0.2, 0) is 0 Å². The molecule has 0 fully saturated rings. The Morgan fingerprint density at radius 3 is 1.89 bits per heavy atom. The SMILES string of the molecule is C=C(C(C)O)C(F)(F)F. The van der Waals surface area contributed by atoms with Crippen LogP contribution in [0.5, 0.6) is 0 Å². The molecule has 1 N–H and O–H groups in total. The molecule has 0 aromatic heterocycles. The van der Waals surface area contributed by atoms with E-state index in [0.717, 1.165) is 6.92 Å². The first-order valence-corrected chi connectivity index (χ1v) is 2.29. The van der Waals surface area contributed by atoms with E-state index in [1.165, 1.54) is 0 Å². The zero-order valence-corrected chi connectivity index (χ0v) is 4.87. The van der Waals surface area contributed by atoms with Gasteiger partial charge in [0.2, 0.25) is 0 Å². The predicted octanol–water partition coefficient (Wildman–Crippen LogP) is 1.49. The lowest BCUT2D eigenvalue weighted by molar-refractivity contribution is -0.103. The van der Waals surface area contributed by atoms with E-state index >= 15 is 0 Å². The second kappa shape index (κ2) is 2.39. The molecule has 0 aliphatic rings. The molecular weight excluding hydrogens is 133 g/mol. The van der Waals surface area contributed by atoms with Crippen LogP contribution in [0, 0.1) is 0 Å². The lowest BCUT2D eigenvalue weighted by atomic mass is 10.2. The first-order chi connectivity index (χ1) is 3.85. The van der Waals surface area contributed by atoms with Gasteiger partial charge in [0.25, 0.3) is 0 Å². The van der Waals surface area contributed by atoms with Crippen LogP contribution in [0.25, 0.3) is 0 Å². The van der Waals surface area contributed by atoms with Gasteiger partial charge in [0.15, 0.2) is 0 Å². The maximum Gasteiger partial charge on any atom is 0.414 e. The van der Waals surface area contributed by atoms with Gasteiger partial charge in [-0.15, -0.1) is 0 Å². The lowest BCUT2D eigenvalue weighted by Crippen LogP contribution is -2.20. The summed E-state index contributed by atoms with van der Waals surface area (Å²) in [6, 6.07) is 0. The van der Waals surface area contributed by atoms with Crippen LogP contribution in [0.3, 0.4) is 0 Å². The van der Waals surface area contributed by atoms with E-state index in [9.17, 15) is 13.2 Å². The number of hydrogen-bond donors (Lipinski definition) is 1. The van der Waals surface area contributed by atoms with Gasteiger partial charge in [0, 0.05) is 0 Å². The van der Waals surface area contributed by atoms with Crippen molar-refractivity contribution in [2.45, 2.75) is 19.2 Å². The van der Waals surface area contributed by atoms with Crippen molar-refractivity contribution in [2.24, 2.45) is 0 Å². The maximum atomic E-state index is 11.4. The highest BCUT2D eigenvalue weighted by Gasteiger charge is 2.34. The van der Waals surface area contributed by atoms with Gasteiger partial charge in [-0.25, -0.2) is 0 Å². The van der Waals surface area contributed by atoms with Crippen LogP contribution in [0.4, 0.5) is 13.2 Å². The van der Waals surface area contributed by atoms with E-state index < -0.39 is 17.9 Å². The molecule has 0 bridgehead atoms. The summed E-state index contributed by atoms with van der Waals surface area (Å²) in [4.78, 5) is 0. The first-order valence-electron chi connectivity index (χ1n) is 2.29. The molecule has 0 aromatic carbocycles. The predicted molar refractivity (Wildman–Crippen MR) is 26.9 cm³/mol. The van der Waals surface area contributed by atoms with Crippen LogP contribution in [0.2, 0.25) is 0 Å². The molecule has 0 aliphatic carbocycles. The largest absolute Gasteiger partial charge is 0.414 e. The fraction of sp³-hybridized carbons (Fsp3) is 0.600. The molecule has 1 unspecified atom stereocenters. The van der Waals surface area contributed by atoms with E-state index in [1.807, 2.05) is 0 Å². The van der Waals surface area contributed by atoms with Gasteiger partial charge in [0.1, 0.15) is 0 Å². The average Bonchev–Trinajstić information content (AvgIpc) is 1.62. The minimum absolute atomic E-state index is 1.02. The number of aliphatic hydroxyl groups is 1. The summed E-state index contributed by atoms with van der Waals surface area (Å²) in [6.07, 6.45) is -5.97. The Morgan fingerprint density at radius 1 is 1.56 bits per heavy atom. The van der Waals surface area contributed by atoms with Crippen LogP contribution in [0.1, 0.15) is 6.92 Å². The van der Waals surface area contributed by atoms with Gasteiger partial charge in [0.05, 0.1) is 11.7 Å². The second-order valence-corrected chi connectivity index (χ2v) is 1.70. The van der Waals surface area contributed by atoms with Crippen LogP contribution in [-0.4, -0.2) is 17.4 Å². The molecular formula is C5H7F3O. The van der Waals surface area contributed by atoms with E-state index in [-0.39, 0.29) is 0 Å². The minimum atomic E-state index is -4.46. The molecule has 0 saturated heterocycles. The van der Waals surface area contributed by atoms with Crippen molar-refractivity contribution in [3.05, 3.63) is 12.2 Å². The van der Waals surface area contributed by atoms with Crippen molar-refractivity contribution in [1.82, 2.24) is 0 Å². The van der Waals surface area contributed by atoms with E-state index in [1.54, 1.807) is 0 Å². The topological polar surface area (TPSA) is 20.2 Å². The van der Waals surface area contributed by atoms with Crippen molar-refractivity contribution < 1.29 is 18.3 Å². The van der Waals surface area contributed by atoms with E-state index in [0.29, 0.717) is 0 Å². The lowest BCUT2D eigenvalue weighted by Gasteiger charge is -2.11. The molecule has 4 heteroatoms. The molecule has 0 saturated carbocycles. The van der Waals surface area contributed by atoms with Crippen molar-refractivity contribution in [1.29, 1.82) is 0 Å². The van der Waals surface area contributed by atoms with Crippen molar-refractivity contribution in [3.8, 4) is 0 Å². The summed E-state index contributed by atoms with van der Waals surface area (Å²) < 4.78 is 34.3. The molecule has 0 amide bonds. The summed E-state index contributed by atoms with van der Waals surface area (Å²) in [5.41, 5.74) is -1.11. The summed E-state index contributed by atoms with van der Waals surface area (Å²) in [6.45, 7) is 3.67. The smallest absolute Gasteiger partial charge is 0.389 e. The fourth-order valence-corrected chi connectivity index (χ4v) is 0.237. The molecule has 0 rings (SSSR count). The Kier molecular flexibility index (Phi) is 2.25. The number of halogens is 3. The van der Waals surface area contributed by atoms with Gasteiger partial charge in [-0.2, -0.15) is 13.2 Å². The fourth-order valence-electron chi connectivity index (χ4n) is 0.237. The third-order valence-corrected chi connectivity index (χ3v) is 0.868. The Bertz CT molecular complexity index is 114. The Labute approximate surface area is 50.8 Å². The Balaban J connectivity index is 4.06. The minimum Gasteiger partial charge on any atom is -0.389 e. The summed E-state index contributed by atoms with van der Waals surface area (Å²) in [5, 5.41) is 8.34. The van der Waals surface area contributed by atoms with Crippen LogP contribution >= 0.6 is 0 Å². The third-order valence-electron chi connectivity index (χ3n) is 0.868. The molecule has 0 heterocycles. The third kappa shape index (κ3) is 2.51. The van der Waals surface area contributed by atoms with Crippen molar-refractivity contribution in [2.75, 3.05) is 0 Å². The number of hydrogen-bond acceptors (Lipinski definition) is 1. The molecule has 54 valence electrons. The Hall–Kier alpha value is -0.510. The normalized spacial score (nSPS) is 15.2. The van der Waals surface area contributed by atoms with Gasteiger partial charge < -0.3 is 5.11 Å². The molecule has 1 nitrogen and oxygen atoms in total. The zero-order valence-electron chi connectivity index (χ0n) is 4.87. The highest BCUT2D eigenvalue weighted by molar-refractivity contribution is 5.06. The standard InChI is InChI=1S/C5H7F3O/c1-3(4(2)9)5(6,7)8/h4,9H,1H2,2H3. The van der Waals surface area contributed by atoms with Crippen molar-refractivity contribution >= 4 is 0 Å². The summed E-state index contributed by atoms with van der Waals surface area (Å²) in [5.74, 6) is 0. The molecule has 9 heavy (non-hydrogen) atoms. The van der Waals surface area contributed by atoms with Gasteiger partial charge in [-0.05, 0) is 6.92 Å². The molecule has 0 radical (unpaired) electrons. The van der Waals surface area contributed by atoms with Gasteiger partial charge >= 0.3 is 6.18 Å². The van der Waals surface area contributed by atoms with E-state index in [4.69, 9.17) is 5.11 Å². The molecule has 0 spiro atoms. The van der Waals surface area contributed by atoms with Gasteiger partial charge in [-0.3, -0.25) is 0 Å². The highest BCUT2D eigenvalue weighted by Crippen LogP contribution is 2.25. The number of rotatable bonds is 1. The number of aliphatic hydroxyl groups excluding tert-OH is 1. The monoisotopic (exact) mass is 140 g/mol. The zero-order chi connectivity index (χ0) is 7.65.